The van der Waals surface area contributed by atoms with Gasteiger partial charge in [0, 0.05) is 50.0 Å². The lowest BCUT2D eigenvalue weighted by Crippen LogP contribution is -2.50. The fraction of sp³-hybridized carbons (Fsp3) is 0.400. The molecule has 7 heteroatoms. The Balaban J connectivity index is 1.21. The third-order valence-corrected chi connectivity index (χ3v) is 8.21. The van der Waals surface area contributed by atoms with Crippen molar-refractivity contribution in [3.8, 4) is 22.6 Å². The normalized spacial score (nSPS) is 21.3. The van der Waals surface area contributed by atoms with Crippen molar-refractivity contribution in [1.82, 2.24) is 24.3 Å². The van der Waals surface area contributed by atoms with Crippen LogP contribution in [-0.2, 0) is 0 Å². The largest absolute Gasteiger partial charge is 0.457 e. The number of hydrogen-bond donors (Lipinski definition) is 1. The number of piperazine rings is 1. The molecule has 192 valence electrons. The molecule has 1 saturated heterocycles. The van der Waals surface area contributed by atoms with Crippen LogP contribution in [0.3, 0.4) is 0 Å². The Morgan fingerprint density at radius 3 is 2.22 bits per heavy atom. The maximum absolute atomic E-state index is 6.41. The van der Waals surface area contributed by atoms with Crippen LogP contribution in [0.15, 0.2) is 67.1 Å². The Kier molecular flexibility index (Phi) is 6.81. The molecule has 6 rings (SSSR count). The van der Waals surface area contributed by atoms with Crippen LogP contribution in [0, 0.1) is 0 Å². The number of anilines is 1. The fourth-order valence-corrected chi connectivity index (χ4v) is 6.08. The summed E-state index contributed by atoms with van der Waals surface area (Å²) in [6.07, 6.45) is 8.63. The molecule has 2 aromatic carbocycles. The van der Waals surface area contributed by atoms with Crippen molar-refractivity contribution in [2.24, 2.45) is 0 Å². The fourth-order valence-electron chi connectivity index (χ4n) is 6.08. The second kappa shape index (κ2) is 10.5. The predicted molar refractivity (Wildman–Crippen MR) is 149 cm³/mol. The first-order valence-electron chi connectivity index (χ1n) is 13.6. The molecule has 0 radical (unpaired) electrons. The lowest BCUT2D eigenvalue weighted by Gasteiger charge is -2.42. The zero-order valence-corrected chi connectivity index (χ0v) is 21.6. The van der Waals surface area contributed by atoms with Crippen LogP contribution in [0.1, 0.15) is 38.6 Å². The molecule has 3 heterocycles. The minimum absolute atomic E-state index is 0.430. The minimum atomic E-state index is 0.430. The maximum atomic E-state index is 6.41. The molecule has 2 fully saturated rings. The van der Waals surface area contributed by atoms with E-state index in [1.54, 1.807) is 6.33 Å². The van der Waals surface area contributed by atoms with Gasteiger partial charge in [-0.05, 0) is 62.1 Å². The zero-order valence-electron chi connectivity index (χ0n) is 21.6. The summed E-state index contributed by atoms with van der Waals surface area (Å²) in [4.78, 5) is 14.3. The topological polar surface area (TPSA) is 72.4 Å². The van der Waals surface area contributed by atoms with E-state index in [0.717, 1.165) is 53.0 Å². The van der Waals surface area contributed by atoms with E-state index in [-0.39, 0.29) is 0 Å². The highest BCUT2D eigenvalue weighted by Crippen LogP contribution is 2.39. The highest BCUT2D eigenvalue weighted by atomic mass is 16.5. The Labute approximate surface area is 218 Å². The molecular weight excluding hydrogens is 460 g/mol. The molecule has 2 aromatic heterocycles. The van der Waals surface area contributed by atoms with Crippen LogP contribution in [0.5, 0.6) is 11.5 Å². The number of para-hydroxylation sites is 1. The number of nitrogens with zero attached hydrogens (tertiary/aromatic N) is 5. The number of ether oxygens (including phenoxy) is 1. The Bertz CT molecular complexity index is 1320. The van der Waals surface area contributed by atoms with Crippen molar-refractivity contribution >= 4 is 16.9 Å². The SMILES string of the molecule is CCN1CCN(C2CCC(n3cc(-c4ccc(Oc5ccccc5)cc4)c4c(N)ncnc43)CC2)CC1. The third kappa shape index (κ3) is 4.93. The highest BCUT2D eigenvalue weighted by Gasteiger charge is 2.30. The van der Waals surface area contributed by atoms with Crippen molar-refractivity contribution in [1.29, 1.82) is 0 Å². The summed E-state index contributed by atoms with van der Waals surface area (Å²) >= 11 is 0. The predicted octanol–water partition coefficient (Wildman–Crippen LogP) is 5.59. The molecule has 1 aliphatic carbocycles. The van der Waals surface area contributed by atoms with Gasteiger partial charge in [0.05, 0.1) is 5.39 Å². The average Bonchev–Trinajstić information content (AvgIpc) is 3.35. The molecule has 7 nitrogen and oxygen atoms in total. The number of benzene rings is 2. The van der Waals surface area contributed by atoms with Gasteiger partial charge in [0.2, 0.25) is 0 Å². The van der Waals surface area contributed by atoms with Crippen LogP contribution in [-0.4, -0.2) is 63.1 Å². The molecule has 1 aliphatic heterocycles. The molecule has 2 aliphatic rings. The van der Waals surface area contributed by atoms with Crippen LogP contribution < -0.4 is 10.5 Å². The van der Waals surface area contributed by atoms with Crippen LogP contribution in [0.2, 0.25) is 0 Å². The summed E-state index contributed by atoms with van der Waals surface area (Å²) in [7, 11) is 0. The van der Waals surface area contributed by atoms with E-state index in [0.29, 0.717) is 17.9 Å². The van der Waals surface area contributed by atoms with Gasteiger partial charge in [-0.15, -0.1) is 0 Å². The van der Waals surface area contributed by atoms with E-state index >= 15 is 0 Å². The van der Waals surface area contributed by atoms with Crippen molar-refractivity contribution in [3.05, 3.63) is 67.1 Å². The smallest absolute Gasteiger partial charge is 0.146 e. The molecule has 0 bridgehead atoms. The number of aromatic nitrogens is 3. The summed E-state index contributed by atoms with van der Waals surface area (Å²) < 4.78 is 8.36. The van der Waals surface area contributed by atoms with Gasteiger partial charge in [-0.1, -0.05) is 37.3 Å². The summed E-state index contributed by atoms with van der Waals surface area (Å²) in [6.45, 7) is 8.24. The number of likely N-dealkylation sites (N-methyl/N-ethyl adjacent to an activating group) is 1. The molecule has 4 aromatic rings. The molecule has 2 N–H and O–H groups in total. The van der Waals surface area contributed by atoms with Crippen LogP contribution in [0.4, 0.5) is 5.82 Å². The molecule has 37 heavy (non-hydrogen) atoms. The second-order valence-corrected chi connectivity index (χ2v) is 10.3. The van der Waals surface area contributed by atoms with Crippen molar-refractivity contribution < 1.29 is 4.74 Å². The molecule has 0 amide bonds. The summed E-state index contributed by atoms with van der Waals surface area (Å²) in [5.41, 5.74) is 9.52. The van der Waals surface area contributed by atoms with Crippen molar-refractivity contribution in [2.45, 2.75) is 44.7 Å². The second-order valence-electron chi connectivity index (χ2n) is 10.3. The van der Waals surface area contributed by atoms with E-state index in [1.807, 2.05) is 42.5 Å². The highest BCUT2D eigenvalue weighted by molar-refractivity contribution is 6.00. The van der Waals surface area contributed by atoms with E-state index in [2.05, 4.69) is 44.6 Å². The first kappa shape index (κ1) is 23.9. The number of nitrogen functional groups attached to an aromatic ring is 1. The molecule has 0 spiro atoms. The molecule has 1 saturated carbocycles. The Morgan fingerprint density at radius 2 is 1.51 bits per heavy atom. The van der Waals surface area contributed by atoms with E-state index in [9.17, 15) is 0 Å². The maximum Gasteiger partial charge on any atom is 0.146 e. The van der Waals surface area contributed by atoms with Crippen molar-refractivity contribution in [2.75, 3.05) is 38.5 Å². The minimum Gasteiger partial charge on any atom is -0.457 e. The first-order chi connectivity index (χ1) is 18.2. The van der Waals surface area contributed by atoms with Crippen molar-refractivity contribution in [3.63, 3.8) is 0 Å². The lowest BCUT2D eigenvalue weighted by atomic mass is 9.89. The van der Waals surface area contributed by atoms with E-state index in [1.165, 1.54) is 39.0 Å². The van der Waals surface area contributed by atoms with Gasteiger partial charge in [0.1, 0.15) is 29.3 Å². The molecular formula is C30H36N6O. The molecule has 0 unspecified atom stereocenters. The van der Waals surface area contributed by atoms with E-state index < -0.39 is 0 Å². The number of nitrogens with two attached hydrogens (primary N) is 1. The van der Waals surface area contributed by atoms with Gasteiger partial charge in [-0.25, -0.2) is 9.97 Å². The average molecular weight is 497 g/mol. The van der Waals surface area contributed by atoms with Gasteiger partial charge < -0.3 is 19.9 Å². The van der Waals surface area contributed by atoms with Gasteiger partial charge in [0.25, 0.3) is 0 Å². The van der Waals surface area contributed by atoms with Crippen LogP contribution in [0.25, 0.3) is 22.2 Å². The van der Waals surface area contributed by atoms with Crippen LogP contribution >= 0.6 is 0 Å². The monoisotopic (exact) mass is 496 g/mol. The zero-order chi connectivity index (χ0) is 25.2. The molecule has 0 atom stereocenters. The van der Waals surface area contributed by atoms with E-state index in [4.69, 9.17) is 15.5 Å². The number of fused-ring (bicyclic) bond motifs is 1. The number of rotatable bonds is 6. The van der Waals surface area contributed by atoms with Gasteiger partial charge in [-0.2, -0.15) is 0 Å². The van der Waals surface area contributed by atoms with Gasteiger partial charge in [0.15, 0.2) is 0 Å². The summed E-state index contributed by atoms with van der Waals surface area (Å²) in [5.74, 6) is 2.17. The standard InChI is InChI=1S/C30H36N6O/c1-2-34-16-18-35(19-17-34)23-10-12-24(13-11-23)36-20-27(28-29(31)32-21-33-30(28)36)22-8-14-26(15-9-22)37-25-6-4-3-5-7-25/h3-9,14-15,20-21,23-24H,2,10-13,16-19H2,1H3,(H2,31,32,33). The quantitative estimate of drug-likeness (QED) is 0.375. The summed E-state index contributed by atoms with van der Waals surface area (Å²) in [6, 6.07) is 19.2. The third-order valence-electron chi connectivity index (χ3n) is 8.21. The Hall–Kier alpha value is -3.42. The first-order valence-corrected chi connectivity index (χ1v) is 13.6. The number of hydrogen-bond acceptors (Lipinski definition) is 6. The van der Waals surface area contributed by atoms with Gasteiger partial charge >= 0.3 is 0 Å². The Morgan fingerprint density at radius 1 is 0.838 bits per heavy atom. The lowest BCUT2D eigenvalue weighted by molar-refractivity contribution is 0.0742. The summed E-state index contributed by atoms with van der Waals surface area (Å²) in [5, 5.41) is 0.942. The van der Waals surface area contributed by atoms with Gasteiger partial charge in [-0.3, -0.25) is 4.90 Å².